The number of primary amides is 1. The lowest BCUT2D eigenvalue weighted by Crippen LogP contribution is -2.50. The molecule has 1 amide bonds. The lowest BCUT2D eigenvalue weighted by molar-refractivity contribution is -0.163. The second-order valence-electron chi connectivity index (χ2n) is 4.57. The van der Waals surface area contributed by atoms with E-state index in [1.54, 1.807) is 0 Å². The molecule has 0 aromatic carbocycles. The van der Waals surface area contributed by atoms with Gasteiger partial charge in [0.2, 0.25) is 5.91 Å². The van der Waals surface area contributed by atoms with Crippen molar-refractivity contribution in [1.29, 1.82) is 0 Å². The number of rotatable bonds is 2. The second kappa shape index (κ2) is 3.81. The van der Waals surface area contributed by atoms with Crippen molar-refractivity contribution in [2.75, 3.05) is 0 Å². The number of fused-ring (bicyclic) bond motifs is 3. The van der Waals surface area contributed by atoms with E-state index in [1.165, 1.54) is 0 Å². The zero-order valence-corrected chi connectivity index (χ0v) is 8.52. The fourth-order valence-corrected chi connectivity index (χ4v) is 3.28. The average Bonchev–Trinajstić information content (AvgIpc) is 2.28. The Labute approximate surface area is 88.1 Å². The molecule has 0 heterocycles. The number of amides is 1. The van der Waals surface area contributed by atoms with Crippen LogP contribution in [-0.2, 0) is 14.4 Å². The molecule has 0 radical (unpaired) electrons. The summed E-state index contributed by atoms with van der Waals surface area (Å²) in [4.78, 5) is 27.1. The maximum atomic E-state index is 11.5. The summed E-state index contributed by atoms with van der Waals surface area (Å²) < 4.78 is 0. The molecule has 3 aliphatic rings. The van der Waals surface area contributed by atoms with Crippen LogP contribution in [0.25, 0.3) is 0 Å². The SMILES string of the molecule is NOC(=O)[C@@H]1C2CCC(CC2)[C@@H]1C(N)=O. The second-order valence-corrected chi connectivity index (χ2v) is 4.57. The molecule has 2 atom stereocenters. The van der Waals surface area contributed by atoms with Gasteiger partial charge in [0.05, 0.1) is 11.8 Å². The molecule has 3 fully saturated rings. The van der Waals surface area contributed by atoms with Gasteiger partial charge in [0.1, 0.15) is 0 Å². The predicted molar refractivity (Wildman–Crippen MR) is 51.9 cm³/mol. The number of carbonyl (C=O) groups excluding carboxylic acids is 2. The minimum Gasteiger partial charge on any atom is -0.373 e. The van der Waals surface area contributed by atoms with E-state index in [1.807, 2.05) is 0 Å². The molecule has 0 saturated heterocycles. The van der Waals surface area contributed by atoms with Crippen LogP contribution in [-0.4, -0.2) is 11.9 Å². The van der Waals surface area contributed by atoms with Crippen LogP contribution in [0.4, 0.5) is 0 Å². The predicted octanol–water partition coefficient (Wildman–Crippen LogP) is -0.0590. The van der Waals surface area contributed by atoms with Crippen LogP contribution in [0.15, 0.2) is 0 Å². The van der Waals surface area contributed by atoms with Gasteiger partial charge in [-0.05, 0) is 37.5 Å². The normalized spacial score (nSPS) is 38.7. The van der Waals surface area contributed by atoms with Crippen LogP contribution >= 0.6 is 0 Å². The topological polar surface area (TPSA) is 95.4 Å². The monoisotopic (exact) mass is 212 g/mol. The first-order valence-electron chi connectivity index (χ1n) is 5.35. The van der Waals surface area contributed by atoms with Crippen LogP contribution in [0.2, 0.25) is 0 Å². The first-order valence-corrected chi connectivity index (χ1v) is 5.35. The van der Waals surface area contributed by atoms with Gasteiger partial charge in [-0.3, -0.25) is 9.59 Å². The Morgan fingerprint density at radius 1 is 1.00 bits per heavy atom. The number of nitrogens with two attached hydrogens (primary N) is 2. The fourth-order valence-electron chi connectivity index (χ4n) is 3.28. The summed E-state index contributed by atoms with van der Waals surface area (Å²) in [5.41, 5.74) is 5.35. The van der Waals surface area contributed by atoms with Gasteiger partial charge in [-0.15, -0.1) is 0 Å². The Bertz CT molecular complexity index is 284. The maximum absolute atomic E-state index is 11.5. The molecule has 3 saturated carbocycles. The molecular formula is C10H16N2O3. The van der Waals surface area contributed by atoms with E-state index in [0.717, 1.165) is 25.7 Å². The minimum atomic E-state index is -0.479. The van der Waals surface area contributed by atoms with E-state index in [-0.39, 0.29) is 23.7 Å². The van der Waals surface area contributed by atoms with Crippen molar-refractivity contribution in [2.24, 2.45) is 35.3 Å². The highest BCUT2D eigenvalue weighted by Gasteiger charge is 2.50. The van der Waals surface area contributed by atoms with Crippen molar-refractivity contribution >= 4 is 11.9 Å². The van der Waals surface area contributed by atoms with Crippen molar-refractivity contribution in [2.45, 2.75) is 25.7 Å². The first kappa shape index (κ1) is 10.4. The summed E-state index contributed by atoms with van der Waals surface area (Å²) in [7, 11) is 0. The van der Waals surface area contributed by atoms with Crippen LogP contribution in [0.1, 0.15) is 25.7 Å². The molecule has 5 heteroatoms. The molecule has 84 valence electrons. The van der Waals surface area contributed by atoms with Crippen molar-refractivity contribution < 1.29 is 14.4 Å². The smallest absolute Gasteiger partial charge is 0.328 e. The molecule has 0 spiro atoms. The van der Waals surface area contributed by atoms with E-state index in [0.29, 0.717) is 0 Å². The third-order valence-corrected chi connectivity index (χ3v) is 3.94. The quantitative estimate of drug-likeness (QED) is 0.627. The first-order chi connectivity index (χ1) is 7.15. The number of hydrogen-bond donors (Lipinski definition) is 2. The molecule has 0 aromatic heterocycles. The van der Waals surface area contributed by atoms with Gasteiger partial charge in [0.15, 0.2) is 0 Å². The van der Waals surface area contributed by atoms with Gasteiger partial charge >= 0.3 is 5.97 Å². The van der Waals surface area contributed by atoms with Gasteiger partial charge in [-0.1, -0.05) is 0 Å². The summed E-state index contributed by atoms with van der Waals surface area (Å²) >= 11 is 0. The van der Waals surface area contributed by atoms with Crippen molar-refractivity contribution in [3.05, 3.63) is 0 Å². The molecule has 0 aliphatic heterocycles. The number of hydrogen-bond acceptors (Lipinski definition) is 4. The molecule has 4 N–H and O–H groups in total. The summed E-state index contributed by atoms with van der Waals surface area (Å²) in [5, 5.41) is 0. The Balaban J connectivity index is 2.24. The summed E-state index contributed by atoms with van der Waals surface area (Å²) in [6.45, 7) is 0. The Kier molecular flexibility index (Phi) is 2.65. The Morgan fingerprint density at radius 3 is 1.87 bits per heavy atom. The molecule has 2 bridgehead atoms. The highest BCUT2D eigenvalue weighted by molar-refractivity contribution is 5.85. The fraction of sp³-hybridized carbons (Fsp3) is 0.800. The van der Waals surface area contributed by atoms with E-state index in [9.17, 15) is 9.59 Å². The van der Waals surface area contributed by atoms with E-state index in [2.05, 4.69) is 4.84 Å². The zero-order valence-electron chi connectivity index (χ0n) is 8.52. The van der Waals surface area contributed by atoms with Gasteiger partial charge < -0.3 is 10.6 Å². The Morgan fingerprint density at radius 2 is 1.47 bits per heavy atom. The zero-order chi connectivity index (χ0) is 11.0. The van der Waals surface area contributed by atoms with E-state index in [4.69, 9.17) is 11.6 Å². The van der Waals surface area contributed by atoms with Crippen LogP contribution in [0.5, 0.6) is 0 Å². The molecule has 3 rings (SSSR count). The van der Waals surface area contributed by atoms with E-state index < -0.39 is 11.9 Å². The largest absolute Gasteiger partial charge is 0.373 e. The molecule has 3 aliphatic carbocycles. The van der Waals surface area contributed by atoms with Gasteiger partial charge in [0.25, 0.3) is 0 Å². The highest BCUT2D eigenvalue weighted by Crippen LogP contribution is 2.48. The van der Waals surface area contributed by atoms with Crippen molar-refractivity contribution in [1.82, 2.24) is 0 Å². The van der Waals surface area contributed by atoms with Crippen molar-refractivity contribution in [3.63, 3.8) is 0 Å². The third-order valence-electron chi connectivity index (χ3n) is 3.94. The van der Waals surface area contributed by atoms with Gasteiger partial charge in [-0.2, -0.15) is 5.90 Å². The van der Waals surface area contributed by atoms with Gasteiger partial charge in [0, 0.05) is 0 Å². The standard InChI is InChI=1S/C10H16N2O3/c11-9(13)7-5-1-3-6(4-2-5)8(7)10(14)15-12/h5-8H,1-4,12H2,(H2,11,13)/t5?,6?,7-,8+/m0/s1. The minimum absolute atomic E-state index is 0.226. The molecule has 0 aromatic rings. The summed E-state index contributed by atoms with van der Waals surface area (Å²) in [5.74, 6) is 3.73. The summed E-state index contributed by atoms with van der Waals surface area (Å²) in [6, 6.07) is 0. The Hall–Kier alpha value is -1.10. The maximum Gasteiger partial charge on any atom is 0.328 e. The molecule has 0 unspecified atom stereocenters. The van der Waals surface area contributed by atoms with Crippen LogP contribution in [0.3, 0.4) is 0 Å². The highest BCUT2D eigenvalue weighted by atomic mass is 16.7. The molecule has 15 heavy (non-hydrogen) atoms. The molecular weight excluding hydrogens is 196 g/mol. The average molecular weight is 212 g/mol. The van der Waals surface area contributed by atoms with Crippen LogP contribution in [0, 0.1) is 23.7 Å². The van der Waals surface area contributed by atoms with Gasteiger partial charge in [-0.25, -0.2) is 0 Å². The lowest BCUT2D eigenvalue weighted by Gasteiger charge is -2.45. The third kappa shape index (κ3) is 1.61. The van der Waals surface area contributed by atoms with E-state index >= 15 is 0 Å². The number of carbonyl (C=O) groups is 2. The lowest BCUT2D eigenvalue weighted by atomic mass is 9.58. The van der Waals surface area contributed by atoms with Crippen molar-refractivity contribution in [3.8, 4) is 0 Å². The molecule has 5 nitrogen and oxygen atoms in total. The summed E-state index contributed by atoms with van der Waals surface area (Å²) in [6.07, 6.45) is 3.95. The van der Waals surface area contributed by atoms with Crippen LogP contribution < -0.4 is 11.6 Å².